The zero-order chi connectivity index (χ0) is 17.2. The minimum absolute atomic E-state index is 0.166. The van der Waals surface area contributed by atoms with Gasteiger partial charge in [0.1, 0.15) is 5.82 Å². The van der Waals surface area contributed by atoms with Crippen LogP contribution >= 0.6 is 0 Å². The summed E-state index contributed by atoms with van der Waals surface area (Å²) >= 11 is 0. The van der Waals surface area contributed by atoms with Gasteiger partial charge in [-0.15, -0.1) is 0 Å². The molecule has 0 bridgehead atoms. The molecule has 0 unspecified atom stereocenters. The minimum Gasteiger partial charge on any atom is -0.342 e. The number of carbonyl (C=O) groups is 1. The molecular weight excluding hydrogens is 313 g/mol. The Balaban J connectivity index is 1.70. The Labute approximate surface area is 147 Å². The largest absolute Gasteiger partial charge is 0.342 e. The number of halogens is 1. The van der Waals surface area contributed by atoms with Crippen molar-refractivity contribution in [2.24, 2.45) is 5.92 Å². The number of benzene rings is 2. The highest BCUT2D eigenvalue weighted by Crippen LogP contribution is 2.31. The summed E-state index contributed by atoms with van der Waals surface area (Å²) in [6.07, 6.45) is 7.57. The zero-order valence-corrected chi connectivity index (χ0v) is 14.2. The minimum atomic E-state index is -0.228. The van der Waals surface area contributed by atoms with Crippen LogP contribution in [0.25, 0.3) is 10.9 Å². The summed E-state index contributed by atoms with van der Waals surface area (Å²) < 4.78 is 15.3. The van der Waals surface area contributed by atoms with Gasteiger partial charge in [-0.2, -0.15) is 0 Å². The van der Waals surface area contributed by atoms with Gasteiger partial charge in [-0.25, -0.2) is 4.39 Å². The van der Waals surface area contributed by atoms with Crippen LogP contribution in [0.5, 0.6) is 0 Å². The Kier molecular flexibility index (Phi) is 4.39. The summed E-state index contributed by atoms with van der Waals surface area (Å²) in [5.41, 5.74) is 2.93. The number of para-hydroxylation sites is 1. The van der Waals surface area contributed by atoms with Crippen molar-refractivity contribution in [1.82, 2.24) is 4.57 Å². The summed E-state index contributed by atoms with van der Waals surface area (Å²) in [6.45, 7) is 0.638. The molecule has 0 aliphatic heterocycles. The highest BCUT2D eigenvalue weighted by Gasteiger charge is 2.25. The molecule has 0 amide bonds. The van der Waals surface area contributed by atoms with Gasteiger partial charge < -0.3 is 4.57 Å². The Morgan fingerprint density at radius 1 is 1.00 bits per heavy atom. The standard InChI is InChI=1S/C22H22FNO/c23-18-12-10-16(11-13-18)14-24-15-20(19-8-4-5-9-21(19)24)22(25)17-6-2-1-3-7-17/h4-5,8-13,15,17H,1-3,6-7,14H2. The Morgan fingerprint density at radius 2 is 1.72 bits per heavy atom. The Bertz CT molecular complexity index is 888. The summed E-state index contributed by atoms with van der Waals surface area (Å²) in [6, 6.07) is 14.6. The van der Waals surface area contributed by atoms with E-state index in [9.17, 15) is 9.18 Å². The highest BCUT2D eigenvalue weighted by molar-refractivity contribution is 6.09. The topological polar surface area (TPSA) is 22.0 Å². The normalized spacial score (nSPS) is 15.6. The molecule has 0 saturated heterocycles. The van der Waals surface area contributed by atoms with Crippen LogP contribution in [0.1, 0.15) is 48.0 Å². The van der Waals surface area contributed by atoms with Crippen LogP contribution in [-0.4, -0.2) is 10.4 Å². The summed E-state index contributed by atoms with van der Waals surface area (Å²) in [7, 11) is 0. The summed E-state index contributed by atoms with van der Waals surface area (Å²) in [4.78, 5) is 13.1. The third-order valence-electron chi connectivity index (χ3n) is 5.30. The van der Waals surface area contributed by atoms with Gasteiger partial charge in [0.05, 0.1) is 0 Å². The molecule has 4 rings (SSSR count). The third kappa shape index (κ3) is 3.23. The van der Waals surface area contributed by atoms with Gasteiger partial charge in [0.25, 0.3) is 0 Å². The summed E-state index contributed by atoms with van der Waals surface area (Å²) in [5.74, 6) is 0.224. The lowest BCUT2D eigenvalue weighted by Gasteiger charge is -2.19. The van der Waals surface area contributed by atoms with Crippen molar-refractivity contribution in [3.63, 3.8) is 0 Å². The van der Waals surface area contributed by atoms with Gasteiger partial charge in [-0.1, -0.05) is 49.6 Å². The fourth-order valence-corrected chi connectivity index (χ4v) is 3.95. The monoisotopic (exact) mass is 335 g/mol. The van der Waals surface area contributed by atoms with Crippen molar-refractivity contribution in [3.05, 3.63) is 71.7 Å². The number of nitrogens with zero attached hydrogens (tertiary/aromatic N) is 1. The Hall–Kier alpha value is -2.42. The lowest BCUT2D eigenvalue weighted by molar-refractivity contribution is 0.0891. The number of rotatable bonds is 4. The SMILES string of the molecule is O=C(c1cn(Cc2ccc(F)cc2)c2ccccc12)C1CCCCC1. The van der Waals surface area contributed by atoms with Gasteiger partial charge in [0.15, 0.2) is 5.78 Å². The van der Waals surface area contributed by atoms with Crippen molar-refractivity contribution in [3.8, 4) is 0 Å². The molecular formula is C22H22FNO. The number of fused-ring (bicyclic) bond motifs is 1. The molecule has 2 aromatic carbocycles. The molecule has 0 N–H and O–H groups in total. The molecule has 3 heteroatoms. The second-order valence-electron chi connectivity index (χ2n) is 7.01. The van der Waals surface area contributed by atoms with E-state index in [1.54, 1.807) is 12.1 Å². The van der Waals surface area contributed by atoms with Crippen LogP contribution in [0.3, 0.4) is 0 Å². The first kappa shape index (κ1) is 16.1. The molecule has 25 heavy (non-hydrogen) atoms. The molecule has 2 nitrogen and oxygen atoms in total. The van der Waals surface area contributed by atoms with Gasteiger partial charge in [-0.05, 0) is 36.6 Å². The van der Waals surface area contributed by atoms with Crippen LogP contribution in [-0.2, 0) is 6.54 Å². The third-order valence-corrected chi connectivity index (χ3v) is 5.30. The van der Waals surface area contributed by atoms with E-state index in [0.29, 0.717) is 6.54 Å². The van der Waals surface area contributed by atoms with Gasteiger partial charge in [0.2, 0.25) is 0 Å². The molecule has 0 radical (unpaired) electrons. The van der Waals surface area contributed by atoms with Gasteiger partial charge >= 0.3 is 0 Å². The maximum atomic E-state index is 13.1. The van der Waals surface area contributed by atoms with Crippen molar-refractivity contribution in [2.75, 3.05) is 0 Å². The maximum absolute atomic E-state index is 13.1. The van der Waals surface area contributed by atoms with Crippen molar-refractivity contribution in [2.45, 2.75) is 38.6 Å². The van der Waals surface area contributed by atoms with Crippen molar-refractivity contribution >= 4 is 16.7 Å². The average molecular weight is 335 g/mol. The zero-order valence-electron chi connectivity index (χ0n) is 14.2. The van der Waals surface area contributed by atoms with Gasteiger partial charge in [-0.3, -0.25) is 4.79 Å². The molecule has 0 atom stereocenters. The van der Waals surface area contributed by atoms with E-state index in [0.717, 1.165) is 47.7 Å². The molecule has 1 aliphatic rings. The van der Waals surface area contributed by atoms with Crippen LogP contribution in [0, 0.1) is 11.7 Å². The second-order valence-corrected chi connectivity index (χ2v) is 7.01. The molecule has 3 aromatic rings. The lowest BCUT2D eigenvalue weighted by Crippen LogP contribution is -2.17. The average Bonchev–Trinajstić information content (AvgIpc) is 3.02. The Morgan fingerprint density at radius 3 is 2.48 bits per heavy atom. The first-order valence-electron chi connectivity index (χ1n) is 9.09. The van der Waals surface area contributed by atoms with Crippen molar-refractivity contribution < 1.29 is 9.18 Å². The first-order valence-corrected chi connectivity index (χ1v) is 9.09. The smallest absolute Gasteiger partial charge is 0.168 e. The fourth-order valence-electron chi connectivity index (χ4n) is 3.95. The second kappa shape index (κ2) is 6.83. The predicted molar refractivity (Wildman–Crippen MR) is 98.3 cm³/mol. The molecule has 0 spiro atoms. The van der Waals surface area contributed by atoms with Crippen LogP contribution < -0.4 is 0 Å². The van der Waals surface area contributed by atoms with Crippen LogP contribution in [0.15, 0.2) is 54.7 Å². The maximum Gasteiger partial charge on any atom is 0.168 e. The number of carbonyl (C=O) groups excluding carboxylic acids is 1. The van der Waals surface area contributed by atoms with Crippen LogP contribution in [0.4, 0.5) is 4.39 Å². The predicted octanol–water partition coefficient (Wildman–Crippen LogP) is 5.59. The number of ketones is 1. The van der Waals surface area contributed by atoms with E-state index in [2.05, 4.69) is 10.6 Å². The number of aromatic nitrogens is 1. The molecule has 1 aromatic heterocycles. The lowest BCUT2D eigenvalue weighted by atomic mass is 9.84. The number of hydrogen-bond donors (Lipinski definition) is 0. The van der Waals surface area contributed by atoms with E-state index < -0.39 is 0 Å². The fraction of sp³-hybridized carbons (Fsp3) is 0.318. The molecule has 128 valence electrons. The molecule has 1 aliphatic carbocycles. The van der Waals surface area contributed by atoms with E-state index >= 15 is 0 Å². The molecule has 1 fully saturated rings. The summed E-state index contributed by atoms with van der Waals surface area (Å²) in [5, 5.41) is 1.03. The number of Topliss-reactive ketones (excluding diaryl/α,β-unsaturated/α-hetero) is 1. The van der Waals surface area contributed by atoms with E-state index in [4.69, 9.17) is 0 Å². The molecule has 1 saturated carbocycles. The quantitative estimate of drug-likeness (QED) is 0.570. The van der Waals surface area contributed by atoms with Gasteiger partial charge in [0, 0.05) is 35.1 Å². The van der Waals surface area contributed by atoms with Crippen LogP contribution in [0.2, 0.25) is 0 Å². The van der Waals surface area contributed by atoms with E-state index in [-0.39, 0.29) is 17.5 Å². The first-order chi connectivity index (χ1) is 12.2. The number of hydrogen-bond acceptors (Lipinski definition) is 1. The van der Waals surface area contributed by atoms with E-state index in [1.807, 2.05) is 24.4 Å². The molecule has 1 heterocycles. The van der Waals surface area contributed by atoms with Crippen molar-refractivity contribution in [1.29, 1.82) is 0 Å². The highest BCUT2D eigenvalue weighted by atomic mass is 19.1. The van der Waals surface area contributed by atoms with E-state index in [1.165, 1.54) is 18.6 Å².